The van der Waals surface area contributed by atoms with E-state index in [4.69, 9.17) is 24.0 Å². The third-order valence-corrected chi connectivity index (χ3v) is 8.10. The number of likely N-dealkylation sites (N-methyl/N-ethyl adjacent to an activating group) is 1. The molecule has 2 saturated heterocycles. The van der Waals surface area contributed by atoms with Crippen molar-refractivity contribution in [2.75, 3.05) is 37.4 Å². The van der Waals surface area contributed by atoms with E-state index in [9.17, 15) is 23.1 Å². The largest absolute Gasteiger partial charge is 0.490 e. The number of aliphatic hydroxyl groups is 1. The van der Waals surface area contributed by atoms with E-state index < -0.39 is 36.7 Å². The fraction of sp³-hybridized carbons (Fsp3) is 0.667. The third kappa shape index (κ3) is 6.13. The van der Waals surface area contributed by atoms with Crippen molar-refractivity contribution < 1.29 is 37.1 Å². The molecule has 0 spiro atoms. The normalized spacial score (nSPS) is 24.5. The third-order valence-electron chi connectivity index (χ3n) is 8.10. The molecular weight excluding hydrogens is 573 g/mol. The van der Waals surface area contributed by atoms with Crippen molar-refractivity contribution >= 4 is 28.9 Å². The lowest BCUT2D eigenvalue weighted by molar-refractivity contribution is -0.211. The smallest absolute Gasteiger partial charge is 0.448 e. The van der Waals surface area contributed by atoms with E-state index in [-0.39, 0.29) is 23.5 Å². The van der Waals surface area contributed by atoms with Crippen molar-refractivity contribution in [2.24, 2.45) is 0 Å². The van der Waals surface area contributed by atoms with Crippen LogP contribution in [-0.2, 0) is 20.7 Å². The van der Waals surface area contributed by atoms with Crippen LogP contribution in [0.4, 0.5) is 24.9 Å². The van der Waals surface area contributed by atoms with Gasteiger partial charge in [-0.1, -0.05) is 25.9 Å². The molecule has 0 amide bonds. The van der Waals surface area contributed by atoms with E-state index in [0.717, 1.165) is 19.3 Å². The molecule has 236 valence electrons. The van der Waals surface area contributed by atoms with Crippen LogP contribution in [0.1, 0.15) is 63.8 Å². The molecule has 2 aliphatic heterocycles. The van der Waals surface area contributed by atoms with Crippen molar-refractivity contribution in [3.05, 3.63) is 23.8 Å². The van der Waals surface area contributed by atoms with Crippen LogP contribution < -0.4 is 10.2 Å². The highest BCUT2D eigenvalue weighted by Crippen LogP contribution is 2.43. The fourth-order valence-corrected chi connectivity index (χ4v) is 5.42. The number of anilines is 2. The van der Waals surface area contributed by atoms with Crippen molar-refractivity contribution in [3.8, 4) is 0 Å². The minimum absolute atomic E-state index is 0.0813. The van der Waals surface area contributed by atoms with Crippen LogP contribution in [0.5, 0.6) is 0 Å². The number of aromatic nitrogens is 5. The zero-order chi connectivity index (χ0) is 31.1. The number of carbonyl (C=O) groups excluding carboxylic acids is 1. The summed E-state index contributed by atoms with van der Waals surface area (Å²) in [5.41, 5.74) is 1.15. The minimum Gasteiger partial charge on any atom is -0.448 e. The van der Waals surface area contributed by atoms with E-state index in [1.54, 1.807) is 0 Å². The Bertz CT molecular complexity index is 1430. The summed E-state index contributed by atoms with van der Waals surface area (Å²) in [6.07, 6.45) is -7.10. The topological polar surface area (TPSA) is 144 Å². The van der Waals surface area contributed by atoms with Gasteiger partial charge in [-0.05, 0) is 39.8 Å². The van der Waals surface area contributed by atoms with Gasteiger partial charge in [-0.15, -0.1) is 0 Å². The number of hydrogen-bond donors (Lipinski definition) is 2. The number of aliphatic hydroxyl groups excluding tert-OH is 1. The lowest BCUT2D eigenvalue weighted by Crippen LogP contribution is -2.38. The Hall–Kier alpha value is -3.50. The zero-order valence-electron chi connectivity index (χ0n) is 24.7. The number of carbonyl (C=O) groups is 1. The molecule has 3 unspecified atom stereocenters. The van der Waals surface area contributed by atoms with Crippen molar-refractivity contribution in [1.29, 1.82) is 0 Å². The molecular formula is C27H37F3N8O5. The molecule has 0 saturated carbocycles. The van der Waals surface area contributed by atoms with Gasteiger partial charge in [0.05, 0.1) is 12.0 Å². The highest BCUT2D eigenvalue weighted by molar-refractivity contribution is 5.84. The quantitative estimate of drug-likeness (QED) is 0.325. The van der Waals surface area contributed by atoms with Gasteiger partial charge >= 0.3 is 12.1 Å². The summed E-state index contributed by atoms with van der Waals surface area (Å²) in [5.74, 6) is -1.50. The van der Waals surface area contributed by atoms with Crippen LogP contribution >= 0.6 is 0 Å². The molecule has 0 radical (unpaired) electrons. The first-order valence-corrected chi connectivity index (χ1v) is 14.4. The van der Waals surface area contributed by atoms with Gasteiger partial charge in [0.25, 0.3) is 0 Å². The number of nitrogens with one attached hydrogen (secondary N) is 1. The van der Waals surface area contributed by atoms with Gasteiger partial charge in [0.2, 0.25) is 5.95 Å². The monoisotopic (exact) mass is 610 g/mol. The number of esters is 1. The van der Waals surface area contributed by atoms with E-state index in [0.29, 0.717) is 42.5 Å². The molecule has 16 heteroatoms. The first-order valence-electron chi connectivity index (χ1n) is 14.4. The summed E-state index contributed by atoms with van der Waals surface area (Å²) in [6, 6.07) is 1.91. The average Bonchev–Trinajstić information content (AvgIpc) is 3.77. The van der Waals surface area contributed by atoms with E-state index in [1.807, 2.05) is 39.8 Å². The summed E-state index contributed by atoms with van der Waals surface area (Å²) in [4.78, 5) is 30.2. The van der Waals surface area contributed by atoms with Crippen LogP contribution in [0.15, 0.2) is 16.9 Å². The van der Waals surface area contributed by atoms with Gasteiger partial charge in [-0.2, -0.15) is 23.1 Å². The fourth-order valence-electron chi connectivity index (χ4n) is 5.42. The Morgan fingerprint density at radius 1 is 1.26 bits per heavy atom. The summed E-state index contributed by atoms with van der Waals surface area (Å²) >= 11 is 0. The van der Waals surface area contributed by atoms with Crippen LogP contribution in [0, 0.1) is 0 Å². The lowest BCUT2D eigenvalue weighted by atomic mass is 10.1. The van der Waals surface area contributed by atoms with Gasteiger partial charge in [0.1, 0.15) is 6.10 Å². The van der Waals surface area contributed by atoms with E-state index in [1.165, 1.54) is 17.0 Å². The second-order valence-corrected chi connectivity index (χ2v) is 11.1. The first kappa shape index (κ1) is 30.9. The Kier molecular flexibility index (Phi) is 8.81. The molecule has 13 nitrogen and oxygen atoms in total. The molecule has 2 aliphatic rings. The second kappa shape index (κ2) is 12.2. The molecule has 0 aliphatic carbocycles. The first-order chi connectivity index (χ1) is 20.4. The van der Waals surface area contributed by atoms with Crippen molar-refractivity contribution in [1.82, 2.24) is 29.6 Å². The van der Waals surface area contributed by atoms with Gasteiger partial charge in [-0.3, -0.25) is 4.57 Å². The SMILES string of the molecule is CCc1cc([C@H]2OC(n3cnc4c(NC(CC)CC)nc(N5CCC(N(C)C)C5)nc43)C(OC(=O)C(F)(F)F)[C@H]2O)on1. The highest BCUT2D eigenvalue weighted by atomic mass is 19.4. The maximum atomic E-state index is 13.3. The van der Waals surface area contributed by atoms with Crippen LogP contribution in [0.3, 0.4) is 0 Å². The number of ether oxygens (including phenoxy) is 2. The summed E-state index contributed by atoms with van der Waals surface area (Å²) in [7, 11) is 4.01. The maximum absolute atomic E-state index is 13.3. The molecule has 43 heavy (non-hydrogen) atoms. The maximum Gasteiger partial charge on any atom is 0.490 e. The molecule has 2 fully saturated rings. The van der Waals surface area contributed by atoms with Crippen LogP contribution in [0.2, 0.25) is 0 Å². The number of imidazole rings is 1. The molecule has 5 atom stereocenters. The lowest BCUT2D eigenvalue weighted by Gasteiger charge is -2.24. The summed E-state index contributed by atoms with van der Waals surface area (Å²) in [6.45, 7) is 7.30. The molecule has 5 rings (SSSR count). The van der Waals surface area contributed by atoms with Crippen molar-refractivity contribution in [3.63, 3.8) is 0 Å². The number of aryl methyl sites for hydroxylation is 1. The predicted octanol–water partition coefficient (Wildman–Crippen LogP) is 3.22. The average molecular weight is 611 g/mol. The molecule has 3 aromatic rings. The van der Waals surface area contributed by atoms with Crippen LogP contribution in [0.25, 0.3) is 11.2 Å². The van der Waals surface area contributed by atoms with Gasteiger partial charge < -0.3 is 34.2 Å². The van der Waals surface area contributed by atoms with Gasteiger partial charge in [0.15, 0.2) is 41.2 Å². The Morgan fingerprint density at radius 3 is 2.60 bits per heavy atom. The molecule has 3 aromatic heterocycles. The molecule has 0 aromatic carbocycles. The number of hydrogen-bond acceptors (Lipinski definition) is 12. The second-order valence-electron chi connectivity index (χ2n) is 11.1. The minimum atomic E-state index is -5.29. The number of rotatable bonds is 10. The van der Waals surface area contributed by atoms with E-state index in [2.05, 4.69) is 20.4 Å². The Morgan fingerprint density at radius 2 is 2.00 bits per heavy atom. The Balaban J connectivity index is 1.59. The predicted molar refractivity (Wildman–Crippen MR) is 148 cm³/mol. The summed E-state index contributed by atoms with van der Waals surface area (Å²) in [5, 5.41) is 18.5. The van der Waals surface area contributed by atoms with E-state index >= 15 is 0 Å². The standard InChI is InChI=1S/C27H37F3N8O5/c1-6-14(7-2)32-22-18-23(34-26(33-22)37-10-9-16(12-37)36(4)5)38(13-31-18)24-21(42-25(40)27(28,29)30)19(39)20(41-24)17-11-15(8-3)35-43-17/h11,13-14,16,19-21,24,39H,6-10,12H2,1-5H3,(H,32,33,34)/t16?,19-,20+,21?,24?/m0/s1. The summed E-state index contributed by atoms with van der Waals surface area (Å²) < 4.78 is 57.5. The van der Waals surface area contributed by atoms with Gasteiger partial charge in [0, 0.05) is 31.2 Å². The highest BCUT2D eigenvalue weighted by Gasteiger charge is 2.53. The number of nitrogens with zero attached hydrogens (tertiary/aromatic N) is 7. The molecule has 0 bridgehead atoms. The van der Waals surface area contributed by atoms with Crippen LogP contribution in [-0.4, -0.2) is 98.3 Å². The number of alkyl halides is 3. The molecule has 2 N–H and O–H groups in total. The van der Waals surface area contributed by atoms with Crippen molar-refractivity contribution in [2.45, 2.75) is 89.3 Å². The van der Waals surface area contributed by atoms with Gasteiger partial charge in [-0.25, -0.2) is 9.78 Å². The molecule has 5 heterocycles. The number of halogens is 3. The number of fused-ring (bicyclic) bond motifs is 1. The Labute approximate surface area is 246 Å². The zero-order valence-corrected chi connectivity index (χ0v) is 24.7.